The summed E-state index contributed by atoms with van der Waals surface area (Å²) < 4.78 is 37.4. The van der Waals surface area contributed by atoms with Crippen molar-refractivity contribution in [3.63, 3.8) is 0 Å². The Labute approximate surface area is 107 Å². The minimum atomic E-state index is -4.39. The Balaban J connectivity index is 2.84. The zero-order chi connectivity index (χ0) is 13.6. The Bertz CT molecular complexity index is 491. The van der Waals surface area contributed by atoms with Gasteiger partial charge in [-0.05, 0) is 35.7 Å². The van der Waals surface area contributed by atoms with Crippen molar-refractivity contribution in [1.82, 2.24) is 0 Å². The molecule has 0 bridgehead atoms. The van der Waals surface area contributed by atoms with Crippen LogP contribution in [0.4, 0.5) is 13.2 Å². The predicted octanol–water partition coefficient (Wildman–Crippen LogP) is 5.07. The van der Waals surface area contributed by atoms with E-state index in [9.17, 15) is 13.2 Å². The molecule has 0 aliphatic rings. The first-order chi connectivity index (χ1) is 8.45. The number of benzene rings is 1. The molecule has 0 aromatic heterocycles. The predicted molar refractivity (Wildman–Crippen MR) is 64.1 cm³/mol. The standard InChI is InChI=1S/C11H9ClF3N3/c12-10-5-4-9(11(13,14)15)7-8(10)3-1-2-6-17-18-16/h1,3-5,7H,2,6H2. The van der Waals surface area contributed by atoms with Crippen molar-refractivity contribution in [3.05, 3.63) is 50.9 Å². The summed E-state index contributed by atoms with van der Waals surface area (Å²) in [5.41, 5.74) is 7.58. The molecule has 0 radical (unpaired) electrons. The van der Waals surface area contributed by atoms with Gasteiger partial charge in [-0.1, -0.05) is 28.9 Å². The summed E-state index contributed by atoms with van der Waals surface area (Å²) >= 11 is 5.79. The van der Waals surface area contributed by atoms with Crippen molar-refractivity contribution < 1.29 is 13.2 Å². The second kappa shape index (κ2) is 6.33. The highest BCUT2D eigenvalue weighted by Gasteiger charge is 2.30. The van der Waals surface area contributed by atoms with E-state index in [0.29, 0.717) is 6.42 Å². The third kappa shape index (κ3) is 4.31. The Morgan fingerprint density at radius 3 is 2.72 bits per heavy atom. The van der Waals surface area contributed by atoms with Crippen LogP contribution in [-0.4, -0.2) is 6.54 Å². The molecule has 0 spiro atoms. The number of nitrogens with zero attached hydrogens (tertiary/aromatic N) is 3. The molecule has 96 valence electrons. The average molecular weight is 276 g/mol. The highest BCUT2D eigenvalue weighted by molar-refractivity contribution is 6.32. The van der Waals surface area contributed by atoms with E-state index in [2.05, 4.69) is 10.0 Å². The summed E-state index contributed by atoms with van der Waals surface area (Å²) in [6, 6.07) is 3.11. The van der Waals surface area contributed by atoms with Gasteiger partial charge in [-0.15, -0.1) is 0 Å². The van der Waals surface area contributed by atoms with Gasteiger partial charge in [-0.3, -0.25) is 0 Å². The molecule has 1 aromatic carbocycles. The van der Waals surface area contributed by atoms with Crippen LogP contribution >= 0.6 is 11.6 Å². The summed E-state index contributed by atoms with van der Waals surface area (Å²) in [6.45, 7) is 0.254. The smallest absolute Gasteiger partial charge is 0.166 e. The first-order valence-corrected chi connectivity index (χ1v) is 5.37. The van der Waals surface area contributed by atoms with Crippen LogP contribution in [0.25, 0.3) is 16.5 Å². The van der Waals surface area contributed by atoms with Crippen LogP contribution in [0.2, 0.25) is 5.02 Å². The number of hydrogen-bond donors (Lipinski definition) is 0. The molecule has 0 unspecified atom stereocenters. The van der Waals surface area contributed by atoms with Gasteiger partial charge >= 0.3 is 6.18 Å². The second-order valence-corrected chi connectivity index (χ2v) is 3.79. The topological polar surface area (TPSA) is 48.8 Å². The van der Waals surface area contributed by atoms with Crippen molar-refractivity contribution in [3.8, 4) is 0 Å². The molecule has 0 amide bonds. The SMILES string of the molecule is [N-]=[N+]=NCCC=Cc1cc(C(F)(F)F)ccc1Cl. The van der Waals surface area contributed by atoms with Gasteiger partial charge in [0.25, 0.3) is 0 Å². The molecular weight excluding hydrogens is 267 g/mol. The van der Waals surface area contributed by atoms with Crippen molar-refractivity contribution in [2.45, 2.75) is 12.6 Å². The Morgan fingerprint density at radius 2 is 2.11 bits per heavy atom. The van der Waals surface area contributed by atoms with Crippen molar-refractivity contribution in [2.24, 2.45) is 5.11 Å². The number of hydrogen-bond acceptors (Lipinski definition) is 1. The van der Waals surface area contributed by atoms with Crippen molar-refractivity contribution >= 4 is 17.7 Å². The molecule has 0 atom stereocenters. The molecular formula is C11H9ClF3N3. The molecule has 7 heteroatoms. The normalized spacial score (nSPS) is 11.6. The summed E-state index contributed by atoms with van der Waals surface area (Å²) in [5, 5.41) is 3.54. The van der Waals surface area contributed by atoms with Gasteiger partial charge in [-0.2, -0.15) is 13.2 Å². The molecule has 0 aliphatic heterocycles. The van der Waals surface area contributed by atoms with E-state index in [1.807, 2.05) is 0 Å². The minimum Gasteiger partial charge on any atom is -0.166 e. The van der Waals surface area contributed by atoms with Crippen LogP contribution in [0.1, 0.15) is 17.5 Å². The van der Waals surface area contributed by atoms with Gasteiger partial charge in [0.1, 0.15) is 0 Å². The molecule has 0 saturated heterocycles. The first kappa shape index (κ1) is 14.4. The van der Waals surface area contributed by atoms with Gasteiger partial charge in [0.15, 0.2) is 0 Å². The quantitative estimate of drug-likeness (QED) is 0.319. The maximum atomic E-state index is 12.5. The lowest BCUT2D eigenvalue weighted by molar-refractivity contribution is -0.137. The molecule has 0 aliphatic carbocycles. The van der Waals surface area contributed by atoms with Crippen LogP contribution in [0.3, 0.4) is 0 Å². The summed E-state index contributed by atoms with van der Waals surface area (Å²) in [5.74, 6) is 0. The van der Waals surface area contributed by atoms with Crippen LogP contribution in [0.5, 0.6) is 0 Å². The number of halogens is 4. The third-order valence-corrected chi connectivity index (χ3v) is 2.42. The Hall–Kier alpha value is -1.65. The van der Waals surface area contributed by atoms with Gasteiger partial charge in [0.2, 0.25) is 0 Å². The van der Waals surface area contributed by atoms with E-state index in [1.165, 1.54) is 12.1 Å². The fraction of sp³-hybridized carbons (Fsp3) is 0.273. The molecule has 1 rings (SSSR count). The minimum absolute atomic E-state index is 0.239. The fourth-order valence-corrected chi connectivity index (χ4v) is 1.42. The lowest BCUT2D eigenvalue weighted by atomic mass is 10.1. The Kier molecular flexibility index (Phi) is 5.07. The number of alkyl halides is 3. The number of azide groups is 1. The van der Waals surface area contributed by atoms with Crippen molar-refractivity contribution in [1.29, 1.82) is 0 Å². The van der Waals surface area contributed by atoms with Crippen molar-refractivity contribution in [2.75, 3.05) is 6.54 Å². The molecule has 1 aromatic rings. The lowest BCUT2D eigenvalue weighted by Crippen LogP contribution is -2.04. The average Bonchev–Trinajstić information content (AvgIpc) is 2.29. The van der Waals surface area contributed by atoms with E-state index < -0.39 is 11.7 Å². The monoisotopic (exact) mass is 275 g/mol. The number of rotatable bonds is 4. The van der Waals surface area contributed by atoms with Crippen LogP contribution < -0.4 is 0 Å². The van der Waals surface area contributed by atoms with E-state index in [1.54, 1.807) is 6.08 Å². The zero-order valence-corrected chi connectivity index (χ0v) is 9.91. The molecule has 0 N–H and O–H groups in total. The highest BCUT2D eigenvalue weighted by atomic mass is 35.5. The second-order valence-electron chi connectivity index (χ2n) is 3.38. The first-order valence-electron chi connectivity index (χ1n) is 4.99. The van der Waals surface area contributed by atoms with Gasteiger partial charge < -0.3 is 0 Å². The van der Waals surface area contributed by atoms with Crippen LogP contribution in [0, 0.1) is 0 Å². The third-order valence-electron chi connectivity index (χ3n) is 2.08. The molecule has 3 nitrogen and oxygen atoms in total. The van der Waals surface area contributed by atoms with E-state index in [0.717, 1.165) is 12.1 Å². The maximum absolute atomic E-state index is 12.5. The fourth-order valence-electron chi connectivity index (χ4n) is 1.24. The molecule has 0 fully saturated rings. The highest BCUT2D eigenvalue weighted by Crippen LogP contribution is 2.32. The van der Waals surface area contributed by atoms with E-state index in [4.69, 9.17) is 17.1 Å². The van der Waals surface area contributed by atoms with E-state index in [-0.39, 0.29) is 17.1 Å². The van der Waals surface area contributed by atoms with Crippen LogP contribution in [-0.2, 0) is 6.18 Å². The largest absolute Gasteiger partial charge is 0.416 e. The summed E-state index contributed by atoms with van der Waals surface area (Å²) in [7, 11) is 0. The van der Waals surface area contributed by atoms with E-state index >= 15 is 0 Å². The molecule has 0 heterocycles. The summed E-state index contributed by atoms with van der Waals surface area (Å²) in [6.07, 6.45) is -0.866. The Morgan fingerprint density at radius 1 is 1.39 bits per heavy atom. The summed E-state index contributed by atoms with van der Waals surface area (Å²) in [4.78, 5) is 2.56. The maximum Gasteiger partial charge on any atom is 0.416 e. The lowest BCUT2D eigenvalue weighted by Gasteiger charge is -2.08. The van der Waals surface area contributed by atoms with Gasteiger partial charge in [0, 0.05) is 16.5 Å². The van der Waals surface area contributed by atoms with Gasteiger partial charge in [-0.25, -0.2) is 0 Å². The zero-order valence-electron chi connectivity index (χ0n) is 9.15. The van der Waals surface area contributed by atoms with Crippen LogP contribution in [0.15, 0.2) is 29.4 Å². The molecule has 18 heavy (non-hydrogen) atoms. The van der Waals surface area contributed by atoms with Gasteiger partial charge in [0.05, 0.1) is 5.56 Å². The molecule has 0 saturated carbocycles.